The van der Waals surface area contributed by atoms with Crippen molar-refractivity contribution in [2.24, 2.45) is 0 Å². The minimum absolute atomic E-state index is 0. The van der Waals surface area contributed by atoms with Crippen molar-refractivity contribution in [3.05, 3.63) is 54.6 Å². The van der Waals surface area contributed by atoms with Crippen LogP contribution in [0.25, 0.3) is 0 Å². The van der Waals surface area contributed by atoms with Gasteiger partial charge in [-0.15, -0.1) is 12.4 Å². The van der Waals surface area contributed by atoms with Crippen LogP contribution in [0.1, 0.15) is 13.8 Å². The van der Waals surface area contributed by atoms with Crippen LogP contribution in [0.4, 0.5) is 5.69 Å². The van der Waals surface area contributed by atoms with Gasteiger partial charge < -0.3 is 10.1 Å². The number of likely N-dealkylation sites (N-methyl/N-ethyl adjacent to an activating group) is 1. The summed E-state index contributed by atoms with van der Waals surface area (Å²) in [5.41, 5.74) is 0.684. The van der Waals surface area contributed by atoms with E-state index < -0.39 is 0 Å². The Morgan fingerprint density at radius 1 is 1.00 bits per heavy atom. The van der Waals surface area contributed by atoms with Gasteiger partial charge in [-0.1, -0.05) is 44.2 Å². The summed E-state index contributed by atoms with van der Waals surface area (Å²) in [4.78, 5) is 14.2. The van der Waals surface area contributed by atoms with E-state index in [0.29, 0.717) is 18.0 Å². The van der Waals surface area contributed by atoms with Crippen LogP contribution < -0.4 is 10.1 Å². The molecule has 124 valence electrons. The predicted molar refractivity (Wildman–Crippen MR) is 96.6 cm³/mol. The van der Waals surface area contributed by atoms with E-state index in [1.165, 1.54) is 0 Å². The second-order valence-corrected chi connectivity index (χ2v) is 4.92. The highest BCUT2D eigenvalue weighted by Crippen LogP contribution is 2.28. The molecule has 23 heavy (non-hydrogen) atoms. The number of nitrogens with one attached hydrogen (secondary N) is 1. The fourth-order valence-electron chi connectivity index (χ4n) is 2.11. The maximum atomic E-state index is 12.1. The second-order valence-electron chi connectivity index (χ2n) is 4.92. The Labute approximate surface area is 143 Å². The lowest BCUT2D eigenvalue weighted by Gasteiger charge is -2.18. The molecule has 2 rings (SSSR count). The third kappa shape index (κ3) is 5.93. The molecule has 0 radical (unpaired) electrons. The fourth-order valence-corrected chi connectivity index (χ4v) is 2.11. The van der Waals surface area contributed by atoms with Gasteiger partial charge in [0.05, 0.1) is 12.2 Å². The number of hydrogen-bond donors (Lipinski definition) is 1. The molecule has 0 saturated carbocycles. The van der Waals surface area contributed by atoms with E-state index in [2.05, 4.69) is 10.2 Å². The van der Waals surface area contributed by atoms with Crippen LogP contribution in [0.2, 0.25) is 0 Å². The van der Waals surface area contributed by atoms with E-state index in [0.717, 1.165) is 18.8 Å². The Morgan fingerprint density at radius 2 is 1.61 bits per heavy atom. The normalized spacial score (nSPS) is 10.0. The number of nitrogens with zero attached hydrogens (tertiary/aromatic N) is 1. The number of benzene rings is 2. The number of para-hydroxylation sites is 3. The first-order chi connectivity index (χ1) is 10.7. The van der Waals surface area contributed by atoms with Gasteiger partial charge in [-0.05, 0) is 37.4 Å². The third-order valence-electron chi connectivity index (χ3n) is 3.39. The third-order valence-corrected chi connectivity index (χ3v) is 3.39. The van der Waals surface area contributed by atoms with Gasteiger partial charge >= 0.3 is 0 Å². The van der Waals surface area contributed by atoms with Crippen molar-refractivity contribution < 1.29 is 9.53 Å². The first-order valence-electron chi connectivity index (χ1n) is 7.57. The SMILES string of the molecule is CCN(CC)CC(=O)Nc1ccccc1Oc1ccccc1.Cl. The molecular weight excluding hydrogens is 312 g/mol. The number of amides is 1. The lowest BCUT2D eigenvalue weighted by Crippen LogP contribution is -2.32. The lowest BCUT2D eigenvalue weighted by atomic mass is 10.2. The van der Waals surface area contributed by atoms with Crippen molar-refractivity contribution in [3.63, 3.8) is 0 Å². The summed E-state index contributed by atoms with van der Waals surface area (Å²) in [6.45, 7) is 6.18. The summed E-state index contributed by atoms with van der Waals surface area (Å²) in [6.07, 6.45) is 0. The second kappa shape index (κ2) is 9.87. The van der Waals surface area contributed by atoms with Crippen molar-refractivity contribution >= 4 is 24.0 Å². The van der Waals surface area contributed by atoms with E-state index >= 15 is 0 Å². The fraction of sp³-hybridized carbons (Fsp3) is 0.278. The Hall–Kier alpha value is -2.04. The quantitative estimate of drug-likeness (QED) is 0.825. The summed E-state index contributed by atoms with van der Waals surface area (Å²) < 4.78 is 5.84. The molecule has 2 aromatic rings. The molecule has 0 aliphatic rings. The Balaban J connectivity index is 0.00000264. The molecule has 0 fully saturated rings. The summed E-state index contributed by atoms with van der Waals surface area (Å²) in [6, 6.07) is 17.0. The molecule has 1 amide bonds. The first-order valence-corrected chi connectivity index (χ1v) is 7.57. The number of anilines is 1. The highest BCUT2D eigenvalue weighted by atomic mass is 35.5. The van der Waals surface area contributed by atoms with Crippen molar-refractivity contribution in [3.8, 4) is 11.5 Å². The summed E-state index contributed by atoms with van der Waals surface area (Å²) in [5, 5.41) is 2.92. The Bertz CT molecular complexity index is 601. The molecule has 0 unspecified atom stereocenters. The maximum Gasteiger partial charge on any atom is 0.238 e. The largest absolute Gasteiger partial charge is 0.455 e. The van der Waals surface area contributed by atoms with E-state index in [1.807, 2.05) is 68.4 Å². The topological polar surface area (TPSA) is 41.6 Å². The molecule has 0 aliphatic heterocycles. The summed E-state index contributed by atoms with van der Waals surface area (Å²) >= 11 is 0. The molecule has 0 aromatic heterocycles. The Morgan fingerprint density at radius 3 is 2.26 bits per heavy atom. The van der Waals surface area contributed by atoms with Crippen molar-refractivity contribution in [2.75, 3.05) is 25.0 Å². The molecule has 0 bridgehead atoms. The number of rotatable bonds is 7. The lowest BCUT2D eigenvalue weighted by molar-refractivity contribution is -0.117. The predicted octanol–water partition coefficient (Wildman–Crippen LogP) is 4.18. The zero-order valence-electron chi connectivity index (χ0n) is 13.5. The Kier molecular flexibility index (Phi) is 8.16. The van der Waals surface area contributed by atoms with E-state index in [-0.39, 0.29) is 18.3 Å². The number of carbonyl (C=O) groups is 1. The average Bonchev–Trinajstić information content (AvgIpc) is 2.55. The molecule has 0 saturated heterocycles. The van der Waals surface area contributed by atoms with E-state index in [1.54, 1.807) is 0 Å². The van der Waals surface area contributed by atoms with E-state index in [4.69, 9.17) is 4.74 Å². The number of halogens is 1. The molecule has 0 heterocycles. The van der Waals surface area contributed by atoms with Gasteiger partial charge in [0.1, 0.15) is 5.75 Å². The first kappa shape index (κ1) is 19.0. The standard InChI is InChI=1S/C18H22N2O2.ClH/c1-3-20(4-2)14-18(21)19-16-12-8-9-13-17(16)22-15-10-6-5-7-11-15;/h5-13H,3-4,14H2,1-2H3,(H,19,21);1H. The number of hydrogen-bond acceptors (Lipinski definition) is 3. The number of ether oxygens (including phenoxy) is 1. The van der Waals surface area contributed by atoms with Crippen molar-refractivity contribution in [1.29, 1.82) is 0 Å². The van der Waals surface area contributed by atoms with Crippen LogP contribution in [0, 0.1) is 0 Å². The summed E-state index contributed by atoms with van der Waals surface area (Å²) in [7, 11) is 0. The maximum absolute atomic E-state index is 12.1. The summed E-state index contributed by atoms with van der Waals surface area (Å²) in [5.74, 6) is 1.35. The molecule has 0 aliphatic carbocycles. The van der Waals surface area contributed by atoms with Crippen LogP contribution in [0.15, 0.2) is 54.6 Å². The minimum atomic E-state index is -0.0344. The molecule has 2 aromatic carbocycles. The molecule has 0 spiro atoms. The van der Waals surface area contributed by atoms with Crippen LogP contribution in [0.5, 0.6) is 11.5 Å². The van der Waals surface area contributed by atoms with Gasteiger partial charge in [-0.2, -0.15) is 0 Å². The van der Waals surface area contributed by atoms with Crippen LogP contribution in [-0.4, -0.2) is 30.4 Å². The smallest absolute Gasteiger partial charge is 0.238 e. The molecule has 5 heteroatoms. The zero-order chi connectivity index (χ0) is 15.8. The van der Waals surface area contributed by atoms with Gasteiger partial charge in [0, 0.05) is 0 Å². The van der Waals surface area contributed by atoms with Gasteiger partial charge in [0.2, 0.25) is 5.91 Å². The average molecular weight is 335 g/mol. The molecular formula is C18H23ClN2O2. The van der Waals surface area contributed by atoms with Crippen LogP contribution >= 0.6 is 12.4 Å². The number of carbonyl (C=O) groups excluding carboxylic acids is 1. The van der Waals surface area contributed by atoms with E-state index in [9.17, 15) is 4.79 Å². The zero-order valence-corrected chi connectivity index (χ0v) is 14.3. The minimum Gasteiger partial charge on any atom is -0.455 e. The highest BCUT2D eigenvalue weighted by molar-refractivity contribution is 5.93. The monoisotopic (exact) mass is 334 g/mol. The van der Waals surface area contributed by atoms with Gasteiger partial charge in [-0.25, -0.2) is 0 Å². The highest BCUT2D eigenvalue weighted by Gasteiger charge is 2.11. The van der Waals surface area contributed by atoms with Crippen molar-refractivity contribution in [1.82, 2.24) is 4.90 Å². The molecule has 4 nitrogen and oxygen atoms in total. The van der Waals surface area contributed by atoms with Gasteiger partial charge in [0.15, 0.2) is 5.75 Å². The molecule has 0 atom stereocenters. The van der Waals surface area contributed by atoms with Crippen LogP contribution in [0.3, 0.4) is 0 Å². The van der Waals surface area contributed by atoms with Crippen molar-refractivity contribution in [2.45, 2.75) is 13.8 Å². The van der Waals surface area contributed by atoms with Gasteiger partial charge in [0.25, 0.3) is 0 Å². The molecule has 1 N–H and O–H groups in total. The van der Waals surface area contributed by atoms with Crippen LogP contribution in [-0.2, 0) is 4.79 Å². The van der Waals surface area contributed by atoms with Gasteiger partial charge in [-0.3, -0.25) is 9.69 Å².